The number of aromatic hydroxyl groups is 1. The van der Waals surface area contributed by atoms with Crippen molar-refractivity contribution >= 4 is 11.9 Å². The fourth-order valence-electron chi connectivity index (χ4n) is 2.35. The van der Waals surface area contributed by atoms with E-state index in [0.717, 1.165) is 43.9 Å². The zero-order valence-corrected chi connectivity index (χ0v) is 13.3. The van der Waals surface area contributed by atoms with Crippen molar-refractivity contribution in [2.45, 2.75) is 26.8 Å². The monoisotopic (exact) mass is 300 g/mol. The van der Waals surface area contributed by atoms with Crippen LogP contribution < -0.4 is 4.90 Å². The number of rotatable bonds is 8. The van der Waals surface area contributed by atoms with Crippen molar-refractivity contribution in [1.29, 1.82) is 0 Å². The van der Waals surface area contributed by atoms with E-state index in [1.807, 2.05) is 29.2 Å². The van der Waals surface area contributed by atoms with Crippen molar-refractivity contribution in [3.8, 4) is 5.75 Å². The molecule has 118 valence electrons. The summed E-state index contributed by atoms with van der Waals surface area (Å²) in [5.41, 5.74) is 1.80. The van der Waals surface area contributed by atoms with Crippen molar-refractivity contribution in [2.24, 2.45) is 4.99 Å². The van der Waals surface area contributed by atoms with Gasteiger partial charge in [-0.3, -0.25) is 4.99 Å². The summed E-state index contributed by atoms with van der Waals surface area (Å²) in [5, 5.41) is 10.1. The number of hydrogen-bond acceptors (Lipinski definition) is 4. The molecule has 0 aliphatic heterocycles. The van der Waals surface area contributed by atoms with Crippen LogP contribution in [0.5, 0.6) is 5.75 Å². The average molecular weight is 300 g/mol. The third-order valence-electron chi connectivity index (χ3n) is 3.64. The smallest absolute Gasteiger partial charge is 0.126 e. The molecule has 1 heterocycles. The van der Waals surface area contributed by atoms with Crippen LogP contribution in [-0.2, 0) is 6.54 Å². The van der Waals surface area contributed by atoms with Gasteiger partial charge in [0.2, 0.25) is 0 Å². The molecule has 0 unspecified atom stereocenters. The van der Waals surface area contributed by atoms with Crippen molar-refractivity contribution in [1.82, 2.24) is 9.55 Å². The first-order valence-electron chi connectivity index (χ1n) is 7.78. The highest BCUT2D eigenvalue weighted by molar-refractivity contribution is 5.84. The number of imidazole rings is 1. The van der Waals surface area contributed by atoms with Gasteiger partial charge < -0.3 is 14.6 Å². The van der Waals surface area contributed by atoms with Gasteiger partial charge in [-0.25, -0.2) is 4.98 Å². The number of phenolic OH excluding ortho intramolecular Hbond substituents is 1. The molecule has 0 spiro atoms. The Morgan fingerprint density at radius 2 is 2.14 bits per heavy atom. The normalized spacial score (nSPS) is 11.2. The van der Waals surface area contributed by atoms with Crippen LogP contribution in [0.4, 0.5) is 5.69 Å². The summed E-state index contributed by atoms with van der Waals surface area (Å²) in [6.07, 6.45) is 8.22. The van der Waals surface area contributed by atoms with Gasteiger partial charge in [-0.2, -0.15) is 0 Å². The Balaban J connectivity index is 1.88. The highest BCUT2D eigenvalue weighted by Gasteiger charge is 2.05. The van der Waals surface area contributed by atoms with Gasteiger partial charge in [-0.05, 0) is 32.4 Å². The highest BCUT2D eigenvalue weighted by Crippen LogP contribution is 2.23. The van der Waals surface area contributed by atoms with Crippen LogP contribution in [0.1, 0.15) is 25.8 Å². The van der Waals surface area contributed by atoms with E-state index >= 15 is 0 Å². The lowest BCUT2D eigenvalue weighted by atomic mass is 10.2. The Morgan fingerprint density at radius 1 is 1.32 bits per heavy atom. The molecule has 0 saturated heterocycles. The molecule has 0 aliphatic carbocycles. The second-order valence-corrected chi connectivity index (χ2v) is 5.10. The SMILES string of the molecule is CCN(CC)c1ccc(/C=N/CCCn2ccnc2)c(O)c1. The van der Waals surface area contributed by atoms with E-state index in [9.17, 15) is 5.11 Å². The molecule has 0 atom stereocenters. The maximum atomic E-state index is 10.1. The maximum Gasteiger partial charge on any atom is 0.126 e. The molecule has 1 aromatic carbocycles. The van der Waals surface area contributed by atoms with Crippen LogP contribution in [-0.4, -0.2) is 40.5 Å². The van der Waals surface area contributed by atoms with E-state index in [1.54, 1.807) is 18.5 Å². The van der Waals surface area contributed by atoms with Crippen LogP contribution in [0.3, 0.4) is 0 Å². The molecule has 0 aliphatic rings. The largest absolute Gasteiger partial charge is 0.507 e. The Labute approximate surface area is 131 Å². The first-order chi connectivity index (χ1) is 10.7. The number of anilines is 1. The molecule has 0 radical (unpaired) electrons. The van der Waals surface area contributed by atoms with E-state index in [1.165, 1.54) is 0 Å². The lowest BCUT2D eigenvalue weighted by molar-refractivity contribution is 0.474. The summed E-state index contributed by atoms with van der Waals surface area (Å²) in [5.74, 6) is 0.280. The van der Waals surface area contributed by atoms with Crippen LogP contribution >= 0.6 is 0 Å². The number of aromatic nitrogens is 2. The van der Waals surface area contributed by atoms with E-state index in [2.05, 4.69) is 28.7 Å². The second-order valence-electron chi connectivity index (χ2n) is 5.10. The molecule has 1 aromatic heterocycles. The Kier molecular flexibility index (Phi) is 6.01. The van der Waals surface area contributed by atoms with Crippen LogP contribution in [0.2, 0.25) is 0 Å². The van der Waals surface area contributed by atoms with Gasteiger partial charge in [-0.1, -0.05) is 0 Å². The maximum absolute atomic E-state index is 10.1. The zero-order chi connectivity index (χ0) is 15.8. The number of hydrogen-bond donors (Lipinski definition) is 1. The third-order valence-corrected chi connectivity index (χ3v) is 3.64. The van der Waals surface area contributed by atoms with E-state index in [4.69, 9.17) is 0 Å². The third kappa shape index (κ3) is 4.35. The van der Waals surface area contributed by atoms with Gasteiger partial charge in [0, 0.05) is 62.1 Å². The molecule has 5 nitrogen and oxygen atoms in total. The zero-order valence-electron chi connectivity index (χ0n) is 13.3. The molecular formula is C17H24N4O. The molecule has 0 bridgehead atoms. The summed E-state index contributed by atoms with van der Waals surface area (Å²) >= 11 is 0. The fourth-order valence-corrected chi connectivity index (χ4v) is 2.35. The van der Waals surface area contributed by atoms with Crippen molar-refractivity contribution in [3.05, 3.63) is 42.5 Å². The van der Waals surface area contributed by atoms with Crippen LogP contribution in [0.25, 0.3) is 0 Å². The Morgan fingerprint density at radius 3 is 2.77 bits per heavy atom. The lowest BCUT2D eigenvalue weighted by Gasteiger charge is -2.21. The molecule has 0 amide bonds. The van der Waals surface area contributed by atoms with E-state index < -0.39 is 0 Å². The van der Waals surface area contributed by atoms with Crippen LogP contribution in [0.15, 0.2) is 41.9 Å². The number of phenols is 1. The average Bonchev–Trinajstić information content (AvgIpc) is 3.03. The second kappa shape index (κ2) is 8.22. The summed E-state index contributed by atoms with van der Waals surface area (Å²) < 4.78 is 2.03. The van der Waals surface area contributed by atoms with E-state index in [0.29, 0.717) is 0 Å². The summed E-state index contributed by atoms with van der Waals surface area (Å²) in [4.78, 5) is 10.6. The highest BCUT2D eigenvalue weighted by atomic mass is 16.3. The van der Waals surface area contributed by atoms with Crippen molar-refractivity contribution in [2.75, 3.05) is 24.5 Å². The molecule has 2 rings (SSSR count). The Hall–Kier alpha value is -2.30. The predicted octanol–water partition coefficient (Wildman–Crippen LogP) is 2.94. The molecule has 5 heteroatoms. The van der Waals surface area contributed by atoms with Gasteiger partial charge in [-0.15, -0.1) is 0 Å². The molecule has 22 heavy (non-hydrogen) atoms. The first-order valence-corrected chi connectivity index (χ1v) is 7.78. The van der Waals surface area contributed by atoms with E-state index in [-0.39, 0.29) is 5.75 Å². The number of aliphatic imine (C=N–C) groups is 1. The fraction of sp³-hybridized carbons (Fsp3) is 0.412. The van der Waals surface area contributed by atoms with Crippen LogP contribution in [0, 0.1) is 0 Å². The Bertz CT molecular complexity index is 589. The summed E-state index contributed by atoms with van der Waals surface area (Å²) in [7, 11) is 0. The lowest BCUT2D eigenvalue weighted by Crippen LogP contribution is -2.21. The van der Waals surface area contributed by atoms with Gasteiger partial charge in [0.05, 0.1) is 6.33 Å². The molecule has 0 fully saturated rings. The standard InChI is InChI=1S/C17H24N4O/c1-3-21(4-2)16-7-6-15(17(22)12-16)13-18-8-5-10-20-11-9-19-14-20/h6-7,9,11-14,22H,3-5,8,10H2,1-2H3/b18-13+. The van der Waals surface area contributed by atoms with Crippen molar-refractivity contribution in [3.63, 3.8) is 0 Å². The minimum atomic E-state index is 0.280. The first kappa shape index (κ1) is 16.1. The van der Waals surface area contributed by atoms with Gasteiger partial charge in [0.25, 0.3) is 0 Å². The summed E-state index contributed by atoms with van der Waals surface area (Å²) in [6.45, 7) is 7.71. The molecule has 2 aromatic rings. The number of nitrogens with zero attached hydrogens (tertiary/aromatic N) is 4. The number of aryl methyl sites for hydroxylation is 1. The number of benzene rings is 1. The summed E-state index contributed by atoms with van der Waals surface area (Å²) in [6, 6.07) is 5.75. The predicted molar refractivity (Wildman–Crippen MR) is 91.0 cm³/mol. The topological polar surface area (TPSA) is 53.7 Å². The van der Waals surface area contributed by atoms with Gasteiger partial charge in [0.15, 0.2) is 0 Å². The quantitative estimate of drug-likeness (QED) is 0.602. The minimum absolute atomic E-state index is 0.280. The molecule has 1 N–H and O–H groups in total. The van der Waals surface area contributed by atoms with Crippen molar-refractivity contribution < 1.29 is 5.11 Å². The minimum Gasteiger partial charge on any atom is -0.507 e. The van der Waals surface area contributed by atoms with Gasteiger partial charge in [0.1, 0.15) is 5.75 Å². The molecule has 0 saturated carbocycles. The van der Waals surface area contributed by atoms with Gasteiger partial charge >= 0.3 is 0 Å². The molecular weight excluding hydrogens is 276 g/mol.